The second kappa shape index (κ2) is 5.76. The number of rotatable bonds is 5. The zero-order chi connectivity index (χ0) is 9.52. The molecular formula is C10H14N2S. The lowest BCUT2D eigenvalue weighted by atomic mass is 10.1. The van der Waals surface area contributed by atoms with Crippen LogP contribution >= 0.6 is 11.3 Å². The molecule has 1 heterocycles. The van der Waals surface area contributed by atoms with Gasteiger partial charge in [-0.3, -0.25) is 11.3 Å². The highest BCUT2D eigenvalue weighted by Crippen LogP contribution is 2.10. The standard InChI is InChI=1S/C10H14N2S/c1-2-3-4-10(12-11)7-9-5-6-13-8-9/h1,5-6,8,10,12H,3-4,7,11H2. The van der Waals surface area contributed by atoms with E-state index in [1.807, 2.05) is 0 Å². The summed E-state index contributed by atoms with van der Waals surface area (Å²) in [4.78, 5) is 0. The van der Waals surface area contributed by atoms with Crippen molar-refractivity contribution in [1.82, 2.24) is 5.43 Å². The molecule has 70 valence electrons. The lowest BCUT2D eigenvalue weighted by molar-refractivity contribution is 0.498. The molecular weight excluding hydrogens is 180 g/mol. The quantitative estimate of drug-likeness (QED) is 0.424. The minimum Gasteiger partial charge on any atom is -0.271 e. The Kier molecular flexibility index (Phi) is 4.55. The fourth-order valence-electron chi connectivity index (χ4n) is 1.20. The molecule has 0 bridgehead atoms. The molecule has 0 saturated heterocycles. The van der Waals surface area contributed by atoms with Crippen molar-refractivity contribution in [2.75, 3.05) is 0 Å². The van der Waals surface area contributed by atoms with Crippen LogP contribution in [0.1, 0.15) is 18.4 Å². The van der Waals surface area contributed by atoms with Gasteiger partial charge in [0.15, 0.2) is 0 Å². The number of nitrogens with one attached hydrogen (secondary N) is 1. The second-order valence-electron chi connectivity index (χ2n) is 2.94. The van der Waals surface area contributed by atoms with Crippen molar-refractivity contribution in [2.45, 2.75) is 25.3 Å². The average molecular weight is 194 g/mol. The highest BCUT2D eigenvalue weighted by atomic mass is 32.1. The van der Waals surface area contributed by atoms with E-state index in [0.717, 1.165) is 19.3 Å². The zero-order valence-corrected chi connectivity index (χ0v) is 8.31. The van der Waals surface area contributed by atoms with Crippen LogP contribution in [0.25, 0.3) is 0 Å². The van der Waals surface area contributed by atoms with Gasteiger partial charge < -0.3 is 0 Å². The summed E-state index contributed by atoms with van der Waals surface area (Å²) >= 11 is 1.71. The molecule has 0 aromatic carbocycles. The van der Waals surface area contributed by atoms with Gasteiger partial charge in [-0.25, -0.2) is 0 Å². The van der Waals surface area contributed by atoms with Gasteiger partial charge in [0.2, 0.25) is 0 Å². The van der Waals surface area contributed by atoms with Crippen LogP contribution in [-0.2, 0) is 6.42 Å². The number of terminal acetylenes is 1. The predicted molar refractivity (Wildman–Crippen MR) is 57.2 cm³/mol. The maximum atomic E-state index is 5.41. The van der Waals surface area contributed by atoms with Crippen LogP contribution in [0.3, 0.4) is 0 Å². The van der Waals surface area contributed by atoms with Gasteiger partial charge in [0.25, 0.3) is 0 Å². The van der Waals surface area contributed by atoms with Crippen molar-refractivity contribution < 1.29 is 0 Å². The Labute approximate surface area is 83.1 Å². The van der Waals surface area contributed by atoms with Crippen LogP contribution < -0.4 is 11.3 Å². The fourth-order valence-corrected chi connectivity index (χ4v) is 1.88. The van der Waals surface area contributed by atoms with Crippen LogP contribution in [0.2, 0.25) is 0 Å². The molecule has 0 aliphatic heterocycles. The number of hydrogen-bond donors (Lipinski definition) is 2. The van der Waals surface area contributed by atoms with Gasteiger partial charge in [-0.15, -0.1) is 12.3 Å². The SMILES string of the molecule is C#CCCC(Cc1ccsc1)NN. The molecule has 1 aromatic heterocycles. The number of nitrogens with two attached hydrogens (primary N) is 1. The van der Waals surface area contributed by atoms with Gasteiger partial charge in [0.1, 0.15) is 0 Å². The van der Waals surface area contributed by atoms with Crippen molar-refractivity contribution in [3.63, 3.8) is 0 Å². The summed E-state index contributed by atoms with van der Waals surface area (Å²) in [5.41, 5.74) is 4.11. The largest absolute Gasteiger partial charge is 0.271 e. The molecule has 1 aromatic rings. The predicted octanol–water partition coefficient (Wildman–Crippen LogP) is 1.54. The Bertz CT molecular complexity index is 261. The summed E-state index contributed by atoms with van der Waals surface area (Å²) in [5.74, 6) is 8.03. The van der Waals surface area contributed by atoms with E-state index in [0.29, 0.717) is 6.04 Å². The molecule has 1 rings (SSSR count). The smallest absolute Gasteiger partial charge is 0.0260 e. The molecule has 2 nitrogen and oxygen atoms in total. The van der Waals surface area contributed by atoms with Crippen molar-refractivity contribution in [2.24, 2.45) is 5.84 Å². The molecule has 13 heavy (non-hydrogen) atoms. The van der Waals surface area contributed by atoms with Crippen LogP contribution in [-0.4, -0.2) is 6.04 Å². The van der Waals surface area contributed by atoms with Crippen LogP contribution in [0.5, 0.6) is 0 Å². The second-order valence-corrected chi connectivity index (χ2v) is 3.72. The molecule has 0 aliphatic carbocycles. The molecule has 0 amide bonds. The van der Waals surface area contributed by atoms with Crippen molar-refractivity contribution in [3.05, 3.63) is 22.4 Å². The molecule has 0 fully saturated rings. The van der Waals surface area contributed by atoms with E-state index in [1.165, 1.54) is 5.56 Å². The van der Waals surface area contributed by atoms with E-state index < -0.39 is 0 Å². The lowest BCUT2D eigenvalue weighted by Crippen LogP contribution is -2.36. The highest BCUT2D eigenvalue weighted by Gasteiger charge is 2.06. The van der Waals surface area contributed by atoms with Gasteiger partial charge in [-0.2, -0.15) is 11.3 Å². The summed E-state index contributed by atoms with van der Waals surface area (Å²) in [6, 6.07) is 2.41. The molecule has 3 heteroatoms. The van der Waals surface area contributed by atoms with Crippen molar-refractivity contribution in [3.8, 4) is 12.3 Å². The molecule has 0 radical (unpaired) electrons. The average Bonchev–Trinajstić information content (AvgIpc) is 2.64. The van der Waals surface area contributed by atoms with Crippen molar-refractivity contribution >= 4 is 11.3 Å². The molecule has 0 saturated carbocycles. The van der Waals surface area contributed by atoms with Gasteiger partial charge in [-0.1, -0.05) is 0 Å². The van der Waals surface area contributed by atoms with Crippen LogP contribution in [0, 0.1) is 12.3 Å². The molecule has 1 atom stereocenters. The third-order valence-corrected chi connectivity index (χ3v) is 2.67. The lowest BCUT2D eigenvalue weighted by Gasteiger charge is -2.12. The summed E-state index contributed by atoms with van der Waals surface area (Å²) in [5, 5.41) is 4.21. The van der Waals surface area contributed by atoms with Crippen LogP contribution in [0.15, 0.2) is 16.8 Å². The Hall–Kier alpha value is -0.820. The van der Waals surface area contributed by atoms with E-state index in [9.17, 15) is 0 Å². The van der Waals surface area contributed by atoms with Gasteiger partial charge in [0, 0.05) is 12.5 Å². The van der Waals surface area contributed by atoms with Gasteiger partial charge in [0.05, 0.1) is 0 Å². The van der Waals surface area contributed by atoms with Crippen LogP contribution in [0.4, 0.5) is 0 Å². The normalized spacial score (nSPS) is 12.3. The third-order valence-electron chi connectivity index (χ3n) is 1.94. The summed E-state index contributed by atoms with van der Waals surface area (Å²) in [6.45, 7) is 0. The molecule has 1 unspecified atom stereocenters. The van der Waals surface area contributed by atoms with Crippen molar-refractivity contribution in [1.29, 1.82) is 0 Å². The Morgan fingerprint density at radius 3 is 3.08 bits per heavy atom. The topological polar surface area (TPSA) is 38.0 Å². The maximum Gasteiger partial charge on any atom is 0.0260 e. The van der Waals surface area contributed by atoms with E-state index in [1.54, 1.807) is 11.3 Å². The Balaban J connectivity index is 2.36. The third kappa shape index (κ3) is 3.60. The van der Waals surface area contributed by atoms with E-state index >= 15 is 0 Å². The minimum absolute atomic E-state index is 0.297. The molecule has 0 spiro atoms. The van der Waals surface area contributed by atoms with Gasteiger partial charge in [-0.05, 0) is 35.2 Å². The Morgan fingerprint density at radius 1 is 1.69 bits per heavy atom. The van der Waals surface area contributed by atoms with E-state index in [-0.39, 0.29) is 0 Å². The summed E-state index contributed by atoms with van der Waals surface area (Å²) in [6.07, 6.45) is 7.86. The fraction of sp³-hybridized carbons (Fsp3) is 0.400. The first kappa shape index (κ1) is 10.3. The summed E-state index contributed by atoms with van der Waals surface area (Å²) < 4.78 is 0. The number of hydrazine groups is 1. The number of thiophene rings is 1. The first-order valence-corrected chi connectivity index (χ1v) is 5.21. The zero-order valence-electron chi connectivity index (χ0n) is 7.49. The Morgan fingerprint density at radius 2 is 2.54 bits per heavy atom. The van der Waals surface area contributed by atoms with E-state index in [2.05, 4.69) is 28.2 Å². The van der Waals surface area contributed by atoms with Gasteiger partial charge >= 0.3 is 0 Å². The summed E-state index contributed by atoms with van der Waals surface area (Å²) in [7, 11) is 0. The monoisotopic (exact) mass is 194 g/mol. The number of hydrogen-bond acceptors (Lipinski definition) is 3. The molecule has 3 N–H and O–H groups in total. The molecule has 0 aliphatic rings. The first-order chi connectivity index (χ1) is 6.36. The minimum atomic E-state index is 0.297. The first-order valence-electron chi connectivity index (χ1n) is 4.27. The maximum absolute atomic E-state index is 5.41. The van der Waals surface area contributed by atoms with E-state index in [4.69, 9.17) is 12.3 Å². The highest BCUT2D eigenvalue weighted by molar-refractivity contribution is 7.07.